The molecule has 0 aromatic rings. The van der Waals surface area contributed by atoms with Crippen LogP contribution in [0.5, 0.6) is 0 Å². The molecule has 1 rings (SSSR count). The van der Waals surface area contributed by atoms with Gasteiger partial charge in [-0.15, -0.1) is 12.6 Å². The van der Waals surface area contributed by atoms with Gasteiger partial charge in [0.25, 0.3) is 0 Å². The third-order valence-corrected chi connectivity index (χ3v) is 19.2. The van der Waals surface area contributed by atoms with Crippen LogP contribution in [-0.2, 0) is 52.5 Å². The van der Waals surface area contributed by atoms with Gasteiger partial charge in [-0.2, -0.15) is 12.6 Å². The highest BCUT2D eigenvalue weighted by atomic mass is 33.2. The van der Waals surface area contributed by atoms with Crippen molar-refractivity contribution in [2.75, 3.05) is 71.0 Å². The lowest BCUT2D eigenvalue weighted by molar-refractivity contribution is -0.144. The number of carbonyl (C=O) groups is 7. The molecule has 2 amide bonds. The van der Waals surface area contributed by atoms with E-state index >= 15 is 0 Å². The van der Waals surface area contributed by atoms with Crippen LogP contribution in [0.15, 0.2) is 0 Å². The third kappa shape index (κ3) is 46.9. The molecule has 1 heterocycles. The molecule has 0 aliphatic carbocycles. The van der Waals surface area contributed by atoms with Crippen molar-refractivity contribution in [3.8, 4) is 0 Å². The van der Waals surface area contributed by atoms with E-state index in [0.717, 1.165) is 50.0 Å². The fraction of sp³-hybridized carbons (Fsp3) is 0.844. The van der Waals surface area contributed by atoms with Crippen LogP contribution in [0.4, 0.5) is 0 Å². The summed E-state index contributed by atoms with van der Waals surface area (Å²) < 4.78 is 21.6. The topological polar surface area (TPSA) is 267 Å². The van der Waals surface area contributed by atoms with Crippen molar-refractivity contribution >= 4 is 110 Å². The molecule has 68 heavy (non-hydrogen) atoms. The zero-order chi connectivity index (χ0) is 50.5. The standard InChI is InChI=1S/C43H77N3O14.C2H4S6/c44-38(43(55)56)20-15-16-24-45-40(50)34-60-31-28-57-26-17-19-37(48)33-59-30-29-58-27-25-46-39(49)23-22-35(42(53)54)32-36(47)18-13-11-9-7-5-3-1-2-4-6-8-10-12-14-21-41(51)52;3-1-5-6-2(4)7-8-2/h35,38H,1-34,44H2,(H,45,50)(H,46,49)(H,51,52)(H,53,54)(H,55,56);3-4H,1H2/t35-,38+;/m1./s1. The van der Waals surface area contributed by atoms with Gasteiger partial charge in [0.15, 0.2) is 8.53 Å². The number of nitrogens with two attached hydrogens (primary N) is 1. The third-order valence-electron chi connectivity index (χ3n) is 10.2. The Morgan fingerprint density at radius 1 is 0.544 bits per heavy atom. The predicted molar refractivity (Wildman–Crippen MR) is 280 cm³/mol. The van der Waals surface area contributed by atoms with E-state index in [2.05, 4.69) is 35.9 Å². The van der Waals surface area contributed by atoms with Crippen molar-refractivity contribution in [1.82, 2.24) is 10.6 Å². The Morgan fingerprint density at radius 3 is 1.60 bits per heavy atom. The minimum atomic E-state index is -1.07. The highest BCUT2D eigenvalue weighted by Gasteiger charge is 2.43. The van der Waals surface area contributed by atoms with Crippen LogP contribution in [-0.4, -0.2) is 136 Å². The molecule has 7 N–H and O–H groups in total. The second-order valence-corrected chi connectivity index (χ2v) is 24.5. The maximum absolute atomic E-state index is 12.4. The number of hydrogen-bond acceptors (Lipinski definition) is 18. The molecule has 0 bridgehead atoms. The lowest BCUT2D eigenvalue weighted by Crippen LogP contribution is -2.31. The summed E-state index contributed by atoms with van der Waals surface area (Å²) in [5.74, 6) is -4.46. The van der Waals surface area contributed by atoms with Gasteiger partial charge in [0.1, 0.15) is 25.0 Å². The summed E-state index contributed by atoms with van der Waals surface area (Å²) in [6.07, 6.45) is 18.3. The second kappa shape index (κ2) is 46.6. The van der Waals surface area contributed by atoms with Crippen LogP contribution >= 0.6 is 68.4 Å². The largest absolute Gasteiger partial charge is 0.481 e. The van der Waals surface area contributed by atoms with E-state index in [1.54, 1.807) is 43.2 Å². The van der Waals surface area contributed by atoms with Gasteiger partial charge >= 0.3 is 17.9 Å². The number of amides is 2. The average Bonchev–Trinajstić information content (AvgIpc) is 4.04. The first-order chi connectivity index (χ1) is 32.7. The zero-order valence-corrected chi connectivity index (χ0v) is 44.9. The molecule has 0 spiro atoms. The fourth-order valence-electron chi connectivity index (χ4n) is 6.36. The number of aliphatic carboxylic acids is 3. The first kappa shape index (κ1) is 66.6. The van der Waals surface area contributed by atoms with Crippen molar-refractivity contribution in [3.63, 3.8) is 0 Å². The molecular weight excluding hydrogens is 999 g/mol. The quantitative estimate of drug-likeness (QED) is 0.00938. The molecule has 0 saturated carbocycles. The summed E-state index contributed by atoms with van der Waals surface area (Å²) in [5, 5.41) is 33.2. The number of carboxylic acid groups (broad SMARTS) is 3. The van der Waals surface area contributed by atoms with Gasteiger partial charge in [-0.25, -0.2) is 0 Å². The van der Waals surface area contributed by atoms with Gasteiger partial charge in [0.2, 0.25) is 11.8 Å². The molecule has 1 fully saturated rings. The smallest absolute Gasteiger partial charge is 0.320 e. The van der Waals surface area contributed by atoms with Crippen LogP contribution < -0.4 is 16.4 Å². The van der Waals surface area contributed by atoms with Crippen LogP contribution in [0.25, 0.3) is 0 Å². The molecular formula is C45H81N3O14S6. The Hall–Kier alpha value is -1.41. The van der Waals surface area contributed by atoms with Crippen LogP contribution in [0.2, 0.25) is 0 Å². The minimum absolute atomic E-state index is 0.000682. The number of thiol groups is 2. The molecule has 0 radical (unpaired) electrons. The SMILES string of the molecule is N[C@@H](CCCCNC(=O)COCCOCCCC(=O)COCCOCCNC(=O)CC[C@H](CC(=O)CCCCCCCCCCCCCCCCC(=O)O)C(=O)O)C(=O)O.SCSSC1(S)SS1. The molecule has 396 valence electrons. The monoisotopic (exact) mass is 1080 g/mol. The average molecular weight is 1080 g/mol. The number of Topliss-reactive ketones (excluding diaryl/α,β-unsaturated/α-hetero) is 2. The van der Waals surface area contributed by atoms with E-state index in [0.29, 0.717) is 45.3 Å². The fourth-order valence-corrected chi connectivity index (χ4v) is 12.1. The van der Waals surface area contributed by atoms with Gasteiger partial charge in [-0.1, -0.05) is 98.6 Å². The lowest BCUT2D eigenvalue weighted by Gasteiger charge is -2.12. The highest BCUT2D eigenvalue weighted by molar-refractivity contribution is 9.07. The van der Waals surface area contributed by atoms with Crippen molar-refractivity contribution in [2.45, 2.75) is 163 Å². The van der Waals surface area contributed by atoms with Crippen molar-refractivity contribution < 1.29 is 67.8 Å². The molecule has 2 atom stereocenters. The number of ketones is 2. The number of rotatable bonds is 49. The number of hydrogen-bond donors (Lipinski definition) is 8. The number of carbonyl (C=O) groups excluding carboxylic acids is 4. The van der Waals surface area contributed by atoms with E-state index in [-0.39, 0.29) is 111 Å². The van der Waals surface area contributed by atoms with E-state index in [9.17, 15) is 38.7 Å². The molecule has 1 aliphatic rings. The Bertz CT molecular complexity index is 1370. The first-order valence-corrected chi connectivity index (χ1v) is 29.5. The van der Waals surface area contributed by atoms with E-state index in [1.165, 1.54) is 44.9 Å². The van der Waals surface area contributed by atoms with Gasteiger partial charge in [0.05, 0.1) is 39.0 Å². The number of unbranched alkanes of at least 4 members (excludes halogenated alkanes) is 14. The minimum Gasteiger partial charge on any atom is -0.481 e. The Morgan fingerprint density at radius 2 is 1.06 bits per heavy atom. The van der Waals surface area contributed by atoms with E-state index in [4.69, 9.17) is 34.9 Å². The number of nitrogens with one attached hydrogen (secondary N) is 2. The second-order valence-electron chi connectivity index (χ2n) is 16.3. The molecule has 0 unspecified atom stereocenters. The van der Waals surface area contributed by atoms with Gasteiger partial charge < -0.3 is 50.6 Å². The van der Waals surface area contributed by atoms with Gasteiger partial charge in [-0.3, -0.25) is 33.6 Å². The number of ether oxygens (including phenoxy) is 4. The van der Waals surface area contributed by atoms with Crippen molar-refractivity contribution in [3.05, 3.63) is 0 Å². The Labute approximate surface area is 431 Å². The maximum Gasteiger partial charge on any atom is 0.320 e. The van der Waals surface area contributed by atoms with Crippen molar-refractivity contribution in [1.29, 1.82) is 0 Å². The molecule has 23 heteroatoms. The Kier molecular flexibility index (Phi) is 45.7. The van der Waals surface area contributed by atoms with Crippen LogP contribution in [0.3, 0.4) is 0 Å². The van der Waals surface area contributed by atoms with E-state index in [1.807, 2.05) is 0 Å². The first-order valence-electron chi connectivity index (χ1n) is 24.0. The summed E-state index contributed by atoms with van der Waals surface area (Å²) >= 11 is 8.38. The number of carboxylic acids is 3. The highest BCUT2D eigenvalue weighted by Crippen LogP contribution is 2.75. The summed E-state index contributed by atoms with van der Waals surface area (Å²) in [7, 11) is 7.11. The van der Waals surface area contributed by atoms with Gasteiger partial charge in [0, 0.05) is 56.9 Å². The molecule has 0 aromatic heterocycles. The predicted octanol–water partition coefficient (Wildman–Crippen LogP) is 8.17. The zero-order valence-electron chi connectivity index (χ0n) is 39.8. The van der Waals surface area contributed by atoms with Crippen LogP contribution in [0, 0.1) is 5.92 Å². The van der Waals surface area contributed by atoms with Gasteiger partial charge in [-0.05, 0) is 66.5 Å². The normalized spacial score (nSPS) is 13.5. The van der Waals surface area contributed by atoms with Crippen LogP contribution in [0.1, 0.15) is 154 Å². The molecule has 1 aliphatic heterocycles. The Balaban J connectivity index is 0.00000503. The summed E-state index contributed by atoms with van der Waals surface area (Å²) in [6, 6.07) is -0.891. The summed E-state index contributed by atoms with van der Waals surface area (Å²) in [6.45, 7) is 2.00. The molecule has 0 aromatic carbocycles. The van der Waals surface area contributed by atoms with Crippen molar-refractivity contribution in [2.24, 2.45) is 11.7 Å². The molecule has 1 saturated heterocycles. The molecule has 17 nitrogen and oxygen atoms in total. The summed E-state index contributed by atoms with van der Waals surface area (Å²) in [5.41, 5.74) is 5.42. The maximum atomic E-state index is 12.4. The lowest BCUT2D eigenvalue weighted by atomic mass is 9.94. The summed E-state index contributed by atoms with van der Waals surface area (Å²) in [4.78, 5) is 81.2. The van der Waals surface area contributed by atoms with E-state index < -0.39 is 29.9 Å².